The molecule has 4 rings (SSSR count). The molecule has 2 atom stereocenters. The minimum absolute atomic E-state index is 0.485. The van der Waals surface area contributed by atoms with Crippen LogP contribution in [-0.4, -0.2) is 32.3 Å². The second-order valence-corrected chi connectivity index (χ2v) is 7.50. The fourth-order valence-corrected chi connectivity index (χ4v) is 4.43. The van der Waals surface area contributed by atoms with Gasteiger partial charge >= 0.3 is 0 Å². The van der Waals surface area contributed by atoms with E-state index in [9.17, 15) is 0 Å². The van der Waals surface area contributed by atoms with Gasteiger partial charge in [0.1, 0.15) is 12.4 Å². The van der Waals surface area contributed by atoms with Crippen LogP contribution in [0.4, 0.5) is 5.69 Å². The summed E-state index contributed by atoms with van der Waals surface area (Å²) in [6, 6.07) is 14.6. The van der Waals surface area contributed by atoms with Crippen molar-refractivity contribution in [3.63, 3.8) is 0 Å². The van der Waals surface area contributed by atoms with Gasteiger partial charge in [-0.15, -0.1) is 0 Å². The number of nitrogens with one attached hydrogen (secondary N) is 1. The minimum atomic E-state index is 0.485. The number of ether oxygens (including phenoxy) is 1. The Hall–Kier alpha value is -1.42. The molecule has 2 aliphatic heterocycles. The van der Waals surface area contributed by atoms with Crippen molar-refractivity contribution < 1.29 is 4.74 Å². The highest BCUT2D eigenvalue weighted by Crippen LogP contribution is 2.47. The van der Waals surface area contributed by atoms with Gasteiger partial charge in [-0.1, -0.05) is 41.4 Å². The first-order chi connectivity index (χ1) is 12.2. The SMILES string of the molecule is Clc1cc2c(cc1Cl)N(CCOc1ccccc1)[C@H]1CCNCC[C@H]21. The zero-order chi connectivity index (χ0) is 17.2. The molecule has 1 N–H and O–H groups in total. The Morgan fingerprint density at radius 2 is 1.80 bits per heavy atom. The van der Waals surface area contributed by atoms with Crippen molar-refractivity contribution in [1.29, 1.82) is 0 Å². The molecule has 0 radical (unpaired) electrons. The normalized spacial score (nSPS) is 22.2. The predicted octanol–water partition coefficient (Wildman–Crippen LogP) is 4.73. The van der Waals surface area contributed by atoms with Gasteiger partial charge in [-0.05, 0) is 55.8 Å². The molecule has 132 valence electrons. The Morgan fingerprint density at radius 3 is 2.64 bits per heavy atom. The highest BCUT2D eigenvalue weighted by atomic mass is 35.5. The molecule has 2 aliphatic rings. The zero-order valence-corrected chi connectivity index (χ0v) is 15.6. The third kappa shape index (κ3) is 3.46. The maximum atomic E-state index is 6.32. The quantitative estimate of drug-likeness (QED) is 0.834. The Morgan fingerprint density at radius 1 is 1.04 bits per heavy atom. The summed E-state index contributed by atoms with van der Waals surface area (Å²) < 4.78 is 5.93. The molecule has 2 aromatic carbocycles. The lowest BCUT2D eigenvalue weighted by Crippen LogP contribution is -2.37. The number of hydrogen-bond acceptors (Lipinski definition) is 3. The Labute approximate surface area is 158 Å². The molecule has 1 saturated heterocycles. The van der Waals surface area contributed by atoms with E-state index in [1.807, 2.05) is 36.4 Å². The molecular formula is C20H22Cl2N2O. The number of hydrogen-bond donors (Lipinski definition) is 1. The topological polar surface area (TPSA) is 24.5 Å². The van der Waals surface area contributed by atoms with Crippen LogP contribution < -0.4 is 15.0 Å². The van der Waals surface area contributed by atoms with Crippen LogP contribution in [-0.2, 0) is 0 Å². The third-order valence-corrected chi connectivity index (χ3v) is 5.96. The summed E-state index contributed by atoms with van der Waals surface area (Å²) in [5.41, 5.74) is 2.56. The van der Waals surface area contributed by atoms with Gasteiger partial charge in [0.2, 0.25) is 0 Å². The number of halogens is 2. The summed E-state index contributed by atoms with van der Waals surface area (Å²) in [4.78, 5) is 2.47. The van der Waals surface area contributed by atoms with E-state index in [0.717, 1.165) is 38.2 Å². The molecule has 0 aromatic heterocycles. The Kier molecular flexibility index (Phi) is 5.07. The first-order valence-electron chi connectivity index (χ1n) is 8.88. The number of benzene rings is 2. The maximum Gasteiger partial charge on any atom is 0.119 e. The van der Waals surface area contributed by atoms with Gasteiger partial charge in [-0.25, -0.2) is 0 Å². The monoisotopic (exact) mass is 376 g/mol. The molecule has 0 aliphatic carbocycles. The van der Waals surface area contributed by atoms with E-state index >= 15 is 0 Å². The second kappa shape index (κ2) is 7.45. The van der Waals surface area contributed by atoms with Gasteiger partial charge in [0.05, 0.1) is 16.6 Å². The molecule has 0 unspecified atom stereocenters. The number of para-hydroxylation sites is 1. The maximum absolute atomic E-state index is 6.32. The van der Waals surface area contributed by atoms with E-state index < -0.39 is 0 Å². The van der Waals surface area contributed by atoms with Gasteiger partial charge in [0.15, 0.2) is 0 Å². The van der Waals surface area contributed by atoms with Crippen LogP contribution in [0, 0.1) is 0 Å². The summed E-state index contributed by atoms with van der Waals surface area (Å²) in [7, 11) is 0. The Balaban J connectivity index is 1.56. The van der Waals surface area contributed by atoms with E-state index in [2.05, 4.69) is 16.3 Å². The van der Waals surface area contributed by atoms with Crippen LogP contribution in [0.1, 0.15) is 24.3 Å². The smallest absolute Gasteiger partial charge is 0.119 e. The van der Waals surface area contributed by atoms with Crippen molar-refractivity contribution in [2.75, 3.05) is 31.1 Å². The summed E-state index contributed by atoms with van der Waals surface area (Å²) in [5.74, 6) is 1.42. The summed E-state index contributed by atoms with van der Waals surface area (Å²) in [6.07, 6.45) is 2.26. The van der Waals surface area contributed by atoms with Crippen LogP contribution in [0.2, 0.25) is 10.0 Å². The lowest BCUT2D eigenvalue weighted by atomic mass is 9.91. The average molecular weight is 377 g/mol. The first-order valence-corrected chi connectivity index (χ1v) is 9.64. The molecule has 0 saturated carbocycles. The Bertz CT molecular complexity index is 738. The fourth-order valence-electron chi connectivity index (χ4n) is 4.10. The van der Waals surface area contributed by atoms with E-state index in [0.29, 0.717) is 28.6 Å². The van der Waals surface area contributed by atoms with Crippen molar-refractivity contribution >= 4 is 28.9 Å². The van der Waals surface area contributed by atoms with Crippen LogP contribution in [0.3, 0.4) is 0 Å². The molecule has 1 fully saturated rings. The van der Waals surface area contributed by atoms with Gasteiger partial charge in [0.25, 0.3) is 0 Å². The number of fused-ring (bicyclic) bond motifs is 3. The molecule has 3 nitrogen and oxygen atoms in total. The van der Waals surface area contributed by atoms with Crippen molar-refractivity contribution in [2.45, 2.75) is 24.8 Å². The van der Waals surface area contributed by atoms with Crippen molar-refractivity contribution in [2.24, 2.45) is 0 Å². The average Bonchev–Trinajstić information content (AvgIpc) is 2.79. The van der Waals surface area contributed by atoms with Crippen LogP contribution >= 0.6 is 23.2 Å². The van der Waals surface area contributed by atoms with E-state index in [4.69, 9.17) is 27.9 Å². The molecule has 2 heterocycles. The lowest BCUT2D eigenvalue weighted by molar-refractivity contribution is 0.317. The summed E-state index contributed by atoms with van der Waals surface area (Å²) in [5, 5.41) is 4.80. The molecule has 0 bridgehead atoms. The van der Waals surface area contributed by atoms with Gasteiger partial charge in [-0.2, -0.15) is 0 Å². The van der Waals surface area contributed by atoms with Crippen molar-refractivity contribution in [1.82, 2.24) is 5.32 Å². The molecule has 5 heteroatoms. The number of nitrogens with zero attached hydrogens (tertiary/aromatic N) is 1. The molecular weight excluding hydrogens is 355 g/mol. The largest absolute Gasteiger partial charge is 0.492 e. The summed E-state index contributed by atoms with van der Waals surface area (Å²) >= 11 is 12.6. The predicted molar refractivity (Wildman–Crippen MR) is 104 cm³/mol. The zero-order valence-electron chi connectivity index (χ0n) is 14.1. The van der Waals surface area contributed by atoms with Crippen LogP contribution in [0.5, 0.6) is 5.75 Å². The standard InChI is InChI=1S/C20H22Cl2N2O/c21-17-12-16-15-6-8-23-9-7-19(15)24(20(16)13-18(17)22)10-11-25-14-4-2-1-3-5-14/h1-5,12-13,15,19,23H,6-11H2/t15-,19+/m1/s1. The van der Waals surface area contributed by atoms with E-state index in [1.165, 1.54) is 11.3 Å². The van der Waals surface area contributed by atoms with Gasteiger partial charge in [0, 0.05) is 17.6 Å². The number of anilines is 1. The molecule has 2 aromatic rings. The minimum Gasteiger partial charge on any atom is -0.492 e. The highest BCUT2D eigenvalue weighted by Gasteiger charge is 2.39. The first kappa shape index (κ1) is 17.0. The molecule has 0 spiro atoms. The number of rotatable bonds is 4. The molecule has 25 heavy (non-hydrogen) atoms. The van der Waals surface area contributed by atoms with Crippen molar-refractivity contribution in [3.05, 3.63) is 58.1 Å². The second-order valence-electron chi connectivity index (χ2n) is 6.68. The van der Waals surface area contributed by atoms with Gasteiger partial charge in [-0.3, -0.25) is 0 Å². The van der Waals surface area contributed by atoms with Crippen molar-refractivity contribution in [3.8, 4) is 5.75 Å². The van der Waals surface area contributed by atoms with Gasteiger partial charge < -0.3 is 15.0 Å². The molecule has 0 amide bonds. The highest BCUT2D eigenvalue weighted by molar-refractivity contribution is 6.42. The third-order valence-electron chi connectivity index (χ3n) is 5.24. The summed E-state index contributed by atoms with van der Waals surface area (Å²) in [6.45, 7) is 3.60. The lowest BCUT2D eigenvalue weighted by Gasteiger charge is -2.29. The van der Waals surface area contributed by atoms with Crippen LogP contribution in [0.15, 0.2) is 42.5 Å². The van der Waals surface area contributed by atoms with Crippen LogP contribution in [0.25, 0.3) is 0 Å². The van der Waals surface area contributed by atoms with E-state index in [-0.39, 0.29) is 0 Å². The van der Waals surface area contributed by atoms with E-state index in [1.54, 1.807) is 0 Å². The fraction of sp³-hybridized carbons (Fsp3) is 0.400.